The Morgan fingerprint density at radius 3 is 1.92 bits per heavy atom. The van der Waals surface area contributed by atoms with Crippen molar-refractivity contribution in [2.45, 2.75) is 45.1 Å². The van der Waals surface area contributed by atoms with Gasteiger partial charge in [0.2, 0.25) is 5.54 Å². The first-order valence-electron chi connectivity index (χ1n) is 7.49. The van der Waals surface area contributed by atoms with E-state index in [0.717, 1.165) is 0 Å². The lowest BCUT2D eigenvalue weighted by molar-refractivity contribution is -0.146. The summed E-state index contributed by atoms with van der Waals surface area (Å²) in [4.78, 5) is 48.5. The van der Waals surface area contributed by atoms with Crippen LogP contribution in [0.2, 0.25) is 0 Å². The summed E-state index contributed by atoms with van der Waals surface area (Å²) in [6, 6.07) is -2.29. The molecule has 0 aromatic heterocycles. The lowest BCUT2D eigenvalue weighted by atomic mass is 9.92. The van der Waals surface area contributed by atoms with Gasteiger partial charge in [-0.15, -0.1) is 6.42 Å². The third-order valence-corrected chi connectivity index (χ3v) is 3.34. The minimum absolute atomic E-state index is 0.267. The number of carboxylic acid groups (broad SMARTS) is 2. The average molecular weight is 341 g/mol. The molecule has 0 heterocycles. The molecule has 0 unspecified atom stereocenters. The molecule has 0 aromatic rings. The zero-order chi connectivity index (χ0) is 18.9. The van der Waals surface area contributed by atoms with Crippen LogP contribution in [0.3, 0.4) is 0 Å². The quantitative estimate of drug-likeness (QED) is 0.533. The van der Waals surface area contributed by atoms with E-state index in [1.54, 1.807) is 13.8 Å². The van der Waals surface area contributed by atoms with Gasteiger partial charge >= 0.3 is 24.0 Å². The Morgan fingerprint density at radius 1 is 1.12 bits per heavy atom. The fourth-order valence-corrected chi connectivity index (χ4v) is 2.23. The van der Waals surface area contributed by atoms with Crippen LogP contribution in [0.5, 0.6) is 0 Å². The average Bonchev–Trinajstić information content (AvgIpc) is 2.49. The SMILES string of the molecule is C#C[C@@](CCC(=O)O)(C(=O)O)N(C(N)=O)C(=O)N(CCC)CCC. The zero-order valence-corrected chi connectivity index (χ0v) is 13.8. The monoisotopic (exact) mass is 341 g/mol. The second-order valence-electron chi connectivity index (χ2n) is 5.15. The van der Waals surface area contributed by atoms with Gasteiger partial charge in [0.1, 0.15) is 0 Å². The molecule has 0 bridgehead atoms. The maximum atomic E-state index is 12.7. The molecule has 0 saturated heterocycles. The third kappa shape index (κ3) is 4.87. The molecule has 0 radical (unpaired) electrons. The summed E-state index contributed by atoms with van der Waals surface area (Å²) in [5, 5.41) is 18.3. The van der Waals surface area contributed by atoms with E-state index in [4.69, 9.17) is 17.3 Å². The number of nitrogens with zero attached hydrogens (tertiary/aromatic N) is 2. The highest BCUT2D eigenvalue weighted by molar-refractivity contribution is 6.01. The number of hydrogen-bond acceptors (Lipinski definition) is 4. The van der Waals surface area contributed by atoms with Gasteiger partial charge in [0.25, 0.3) is 0 Å². The highest BCUT2D eigenvalue weighted by Gasteiger charge is 2.49. The van der Waals surface area contributed by atoms with Gasteiger partial charge in [0.15, 0.2) is 0 Å². The molecule has 0 spiro atoms. The van der Waals surface area contributed by atoms with E-state index in [2.05, 4.69) is 0 Å². The molecule has 1 atom stereocenters. The van der Waals surface area contributed by atoms with Gasteiger partial charge in [-0.1, -0.05) is 19.8 Å². The summed E-state index contributed by atoms with van der Waals surface area (Å²) in [5.41, 5.74) is 2.75. The van der Waals surface area contributed by atoms with Crippen LogP contribution in [-0.2, 0) is 9.59 Å². The van der Waals surface area contributed by atoms with Crippen molar-refractivity contribution < 1.29 is 29.4 Å². The Morgan fingerprint density at radius 2 is 1.62 bits per heavy atom. The molecule has 9 nitrogen and oxygen atoms in total. The van der Waals surface area contributed by atoms with E-state index >= 15 is 0 Å². The predicted octanol–water partition coefficient (Wildman–Crippen LogP) is 0.931. The van der Waals surface area contributed by atoms with E-state index in [1.165, 1.54) is 4.90 Å². The number of hydrogen-bond donors (Lipinski definition) is 3. The highest BCUT2D eigenvalue weighted by Crippen LogP contribution is 2.24. The molecular weight excluding hydrogens is 318 g/mol. The standard InChI is InChI=1S/C15H23N3O6/c1-4-9-17(10-5-2)14(24)18(13(16)23)15(6-3,12(21)22)8-7-11(19)20/h3H,4-5,7-10H2,1-2H3,(H2,16,23)(H,19,20)(H,21,22)/t15-/m1/s1. The molecular formula is C15H23N3O6. The molecule has 24 heavy (non-hydrogen) atoms. The number of carbonyl (C=O) groups is 4. The van der Waals surface area contributed by atoms with Gasteiger partial charge in [-0.25, -0.2) is 19.3 Å². The number of nitrogens with two attached hydrogens (primary N) is 1. The number of imide groups is 1. The summed E-state index contributed by atoms with van der Waals surface area (Å²) >= 11 is 0. The minimum atomic E-state index is -2.46. The maximum Gasteiger partial charge on any atom is 0.342 e. The molecule has 0 aliphatic heterocycles. The van der Waals surface area contributed by atoms with Crippen LogP contribution in [0.15, 0.2) is 0 Å². The molecule has 0 saturated carbocycles. The summed E-state index contributed by atoms with van der Waals surface area (Å²) in [5.74, 6) is -1.12. The lowest BCUT2D eigenvalue weighted by Crippen LogP contribution is -2.63. The number of terminal acetylenes is 1. The van der Waals surface area contributed by atoms with Gasteiger partial charge in [-0.3, -0.25) is 4.79 Å². The van der Waals surface area contributed by atoms with Gasteiger partial charge in [-0.05, 0) is 12.8 Å². The first kappa shape index (κ1) is 21.2. The van der Waals surface area contributed by atoms with Crippen LogP contribution in [0.4, 0.5) is 9.59 Å². The van der Waals surface area contributed by atoms with Crippen molar-refractivity contribution in [2.24, 2.45) is 5.73 Å². The molecule has 4 amide bonds. The first-order valence-corrected chi connectivity index (χ1v) is 7.49. The van der Waals surface area contributed by atoms with Crippen molar-refractivity contribution in [1.29, 1.82) is 0 Å². The molecule has 4 N–H and O–H groups in total. The number of carbonyl (C=O) groups excluding carboxylic acids is 2. The van der Waals surface area contributed by atoms with Crippen molar-refractivity contribution in [3.63, 3.8) is 0 Å². The van der Waals surface area contributed by atoms with Crippen LogP contribution in [-0.4, -0.2) is 62.6 Å². The van der Waals surface area contributed by atoms with E-state index in [1.807, 2.05) is 5.92 Å². The smallest absolute Gasteiger partial charge is 0.342 e. The summed E-state index contributed by atoms with van der Waals surface area (Å²) in [7, 11) is 0. The summed E-state index contributed by atoms with van der Waals surface area (Å²) in [6.07, 6.45) is 5.13. The van der Waals surface area contributed by atoms with Gasteiger partial charge in [0.05, 0.1) is 0 Å². The highest BCUT2D eigenvalue weighted by atomic mass is 16.4. The normalized spacial score (nSPS) is 12.5. The minimum Gasteiger partial charge on any atom is -0.481 e. The first-order chi connectivity index (χ1) is 11.2. The van der Waals surface area contributed by atoms with Crippen LogP contribution >= 0.6 is 0 Å². The number of urea groups is 2. The van der Waals surface area contributed by atoms with E-state index in [0.29, 0.717) is 12.8 Å². The largest absolute Gasteiger partial charge is 0.481 e. The fourth-order valence-electron chi connectivity index (χ4n) is 2.23. The van der Waals surface area contributed by atoms with E-state index in [-0.39, 0.29) is 18.0 Å². The van der Waals surface area contributed by atoms with Gasteiger partial charge in [0, 0.05) is 25.9 Å². The van der Waals surface area contributed by atoms with Crippen molar-refractivity contribution in [2.75, 3.05) is 13.1 Å². The van der Waals surface area contributed by atoms with Gasteiger partial charge < -0.3 is 20.8 Å². The molecule has 0 aliphatic carbocycles. The van der Waals surface area contributed by atoms with Crippen molar-refractivity contribution >= 4 is 24.0 Å². The molecule has 134 valence electrons. The van der Waals surface area contributed by atoms with Crippen molar-refractivity contribution in [3.8, 4) is 12.3 Å². The zero-order valence-electron chi connectivity index (χ0n) is 13.8. The predicted molar refractivity (Wildman–Crippen MR) is 85.0 cm³/mol. The third-order valence-electron chi connectivity index (χ3n) is 3.34. The summed E-state index contributed by atoms with van der Waals surface area (Å²) in [6.45, 7) is 4.16. The molecule has 0 aromatic carbocycles. The Labute approximate surface area is 140 Å². The van der Waals surface area contributed by atoms with Gasteiger partial charge in [-0.2, -0.15) is 0 Å². The number of carboxylic acids is 2. The second kappa shape index (κ2) is 9.39. The summed E-state index contributed by atoms with van der Waals surface area (Å²) < 4.78 is 0. The van der Waals surface area contributed by atoms with Crippen LogP contribution < -0.4 is 5.73 Å². The Balaban J connectivity index is 5.97. The number of rotatable bonds is 9. The molecule has 0 rings (SSSR count). The van der Waals surface area contributed by atoms with E-state index < -0.39 is 42.4 Å². The Kier molecular flexibility index (Phi) is 8.31. The number of aliphatic carboxylic acids is 2. The lowest BCUT2D eigenvalue weighted by Gasteiger charge is -2.37. The second-order valence-corrected chi connectivity index (χ2v) is 5.15. The van der Waals surface area contributed by atoms with Crippen molar-refractivity contribution in [3.05, 3.63) is 0 Å². The maximum absolute atomic E-state index is 12.7. The van der Waals surface area contributed by atoms with Crippen molar-refractivity contribution in [1.82, 2.24) is 9.80 Å². The number of amides is 4. The molecule has 0 fully saturated rings. The molecule has 0 aliphatic rings. The fraction of sp³-hybridized carbons (Fsp3) is 0.600. The van der Waals surface area contributed by atoms with Crippen LogP contribution in [0.25, 0.3) is 0 Å². The Bertz CT molecular complexity index is 536. The molecule has 9 heteroatoms. The van der Waals surface area contributed by atoms with Crippen LogP contribution in [0, 0.1) is 12.3 Å². The van der Waals surface area contributed by atoms with Crippen LogP contribution in [0.1, 0.15) is 39.5 Å². The topological polar surface area (TPSA) is 141 Å². The van der Waals surface area contributed by atoms with E-state index in [9.17, 15) is 24.3 Å². The Hall–Kier alpha value is -2.76. The number of primary amides is 1.